The lowest BCUT2D eigenvalue weighted by atomic mass is 10.2. The van der Waals surface area contributed by atoms with Crippen molar-refractivity contribution in [3.05, 3.63) is 72.0 Å². The third-order valence-electron chi connectivity index (χ3n) is 3.61. The van der Waals surface area contributed by atoms with E-state index in [0.717, 1.165) is 16.9 Å². The largest absolute Gasteiger partial charge is 0.306 e. The topological polar surface area (TPSA) is 90.1 Å². The quantitative estimate of drug-likeness (QED) is 0.484. The van der Waals surface area contributed by atoms with E-state index in [-0.39, 0.29) is 10.6 Å². The van der Waals surface area contributed by atoms with E-state index in [2.05, 4.69) is 10.4 Å². The van der Waals surface area contributed by atoms with E-state index in [9.17, 15) is 14.9 Å². The van der Waals surface area contributed by atoms with Crippen molar-refractivity contribution in [1.82, 2.24) is 9.78 Å². The molecule has 134 valence electrons. The van der Waals surface area contributed by atoms with Gasteiger partial charge in [0.25, 0.3) is 11.6 Å². The molecule has 7 nitrogen and oxygen atoms in total. The number of anilines is 1. The van der Waals surface area contributed by atoms with Gasteiger partial charge in [-0.3, -0.25) is 14.9 Å². The lowest BCUT2D eigenvalue weighted by Gasteiger charge is -2.10. The zero-order valence-electron chi connectivity index (χ0n) is 13.4. The molecular weight excluding hydrogens is 399 g/mol. The third-order valence-corrected chi connectivity index (χ3v) is 5.23. The average molecular weight is 411 g/mol. The van der Waals surface area contributed by atoms with Gasteiger partial charge in [0.2, 0.25) is 0 Å². The van der Waals surface area contributed by atoms with Gasteiger partial charge < -0.3 is 5.32 Å². The first-order chi connectivity index (χ1) is 12.3. The van der Waals surface area contributed by atoms with E-state index in [1.54, 1.807) is 42.1 Å². The molecule has 0 saturated carbocycles. The summed E-state index contributed by atoms with van der Waals surface area (Å²) in [7, 11) is 0. The predicted molar refractivity (Wildman–Crippen MR) is 101 cm³/mol. The molecule has 1 N–H and O–H groups in total. The second kappa shape index (κ2) is 7.45. The summed E-state index contributed by atoms with van der Waals surface area (Å²) in [5.74, 6) is 0.0184. The minimum atomic E-state index is -0.505. The highest BCUT2D eigenvalue weighted by molar-refractivity contribution is 7.14. The van der Waals surface area contributed by atoms with Crippen molar-refractivity contribution in [1.29, 1.82) is 0 Å². The SMILES string of the molecule is Cc1sc(C(=O)Nc2ccnn2Cc2ccc(Cl)cc2Cl)cc1[N+](=O)[O-]. The Hall–Kier alpha value is -2.42. The molecule has 1 aromatic carbocycles. The lowest BCUT2D eigenvalue weighted by Crippen LogP contribution is -2.15. The third kappa shape index (κ3) is 3.87. The van der Waals surface area contributed by atoms with Crippen molar-refractivity contribution in [2.75, 3.05) is 5.32 Å². The number of benzene rings is 1. The van der Waals surface area contributed by atoms with Crippen LogP contribution in [-0.4, -0.2) is 20.6 Å². The molecule has 10 heteroatoms. The van der Waals surface area contributed by atoms with Gasteiger partial charge in [0, 0.05) is 22.2 Å². The van der Waals surface area contributed by atoms with E-state index in [1.165, 1.54) is 6.07 Å². The van der Waals surface area contributed by atoms with Gasteiger partial charge >= 0.3 is 0 Å². The van der Waals surface area contributed by atoms with Crippen molar-refractivity contribution in [3.63, 3.8) is 0 Å². The maximum Gasteiger partial charge on any atom is 0.283 e. The molecule has 0 aliphatic carbocycles. The Balaban J connectivity index is 1.79. The van der Waals surface area contributed by atoms with Crippen LogP contribution >= 0.6 is 34.5 Å². The van der Waals surface area contributed by atoms with Crippen LogP contribution in [0.5, 0.6) is 0 Å². The minimum absolute atomic E-state index is 0.0680. The van der Waals surface area contributed by atoms with Crippen molar-refractivity contribution in [3.8, 4) is 0 Å². The maximum atomic E-state index is 12.4. The van der Waals surface area contributed by atoms with Crippen molar-refractivity contribution in [2.24, 2.45) is 0 Å². The summed E-state index contributed by atoms with van der Waals surface area (Å²) in [6, 6.07) is 8.04. The molecule has 0 bridgehead atoms. The summed E-state index contributed by atoms with van der Waals surface area (Å²) in [4.78, 5) is 23.6. The van der Waals surface area contributed by atoms with E-state index < -0.39 is 10.8 Å². The van der Waals surface area contributed by atoms with E-state index in [0.29, 0.717) is 27.3 Å². The Bertz CT molecular complexity index is 999. The molecule has 0 atom stereocenters. The number of aromatic nitrogens is 2. The maximum absolute atomic E-state index is 12.4. The molecule has 0 saturated heterocycles. The average Bonchev–Trinajstić information content (AvgIpc) is 3.17. The number of nitrogens with zero attached hydrogens (tertiary/aromatic N) is 3. The van der Waals surface area contributed by atoms with Gasteiger partial charge in [-0.25, -0.2) is 4.68 Å². The Labute approximate surface area is 162 Å². The Kier molecular flexibility index (Phi) is 5.26. The van der Waals surface area contributed by atoms with Crippen LogP contribution in [0.1, 0.15) is 20.1 Å². The van der Waals surface area contributed by atoms with Gasteiger partial charge in [0.15, 0.2) is 0 Å². The van der Waals surface area contributed by atoms with Crippen LogP contribution in [0.3, 0.4) is 0 Å². The molecule has 0 unspecified atom stereocenters. The van der Waals surface area contributed by atoms with Crippen molar-refractivity contribution >= 4 is 52.0 Å². The highest BCUT2D eigenvalue weighted by Gasteiger charge is 2.20. The summed E-state index contributed by atoms with van der Waals surface area (Å²) >= 11 is 13.1. The number of nitro groups is 1. The first kappa shape index (κ1) is 18.4. The molecule has 2 heterocycles. The van der Waals surface area contributed by atoms with Crippen LogP contribution in [0.15, 0.2) is 36.5 Å². The molecular formula is C16H12Cl2N4O3S. The predicted octanol–water partition coefficient (Wildman–Crippen LogP) is 4.77. The van der Waals surface area contributed by atoms with E-state index in [1.807, 2.05) is 0 Å². The monoisotopic (exact) mass is 410 g/mol. The zero-order valence-corrected chi connectivity index (χ0v) is 15.7. The summed E-state index contributed by atoms with van der Waals surface area (Å²) in [5, 5.41) is 18.9. The molecule has 0 radical (unpaired) electrons. The molecule has 3 rings (SSSR count). The van der Waals surface area contributed by atoms with Gasteiger partial charge in [-0.05, 0) is 24.6 Å². The molecule has 2 aromatic heterocycles. The molecule has 0 aliphatic rings. The van der Waals surface area contributed by atoms with Crippen molar-refractivity contribution < 1.29 is 9.72 Å². The van der Waals surface area contributed by atoms with Gasteiger partial charge in [-0.15, -0.1) is 11.3 Å². The second-order valence-electron chi connectivity index (χ2n) is 5.37. The number of hydrogen-bond acceptors (Lipinski definition) is 5. The molecule has 1 amide bonds. The van der Waals surface area contributed by atoms with Crippen LogP contribution in [0, 0.1) is 17.0 Å². The van der Waals surface area contributed by atoms with Gasteiger partial charge in [-0.2, -0.15) is 5.10 Å². The lowest BCUT2D eigenvalue weighted by molar-refractivity contribution is -0.385. The minimum Gasteiger partial charge on any atom is -0.306 e. The summed E-state index contributed by atoms with van der Waals surface area (Å²) in [5.41, 5.74) is 0.722. The fraction of sp³-hybridized carbons (Fsp3) is 0.125. The van der Waals surface area contributed by atoms with E-state index >= 15 is 0 Å². The van der Waals surface area contributed by atoms with Crippen LogP contribution in [0.4, 0.5) is 11.5 Å². The molecule has 3 aromatic rings. The highest BCUT2D eigenvalue weighted by Crippen LogP contribution is 2.29. The van der Waals surface area contributed by atoms with Crippen LogP contribution < -0.4 is 5.32 Å². The number of nitrogens with one attached hydrogen (secondary N) is 1. The number of rotatable bonds is 5. The molecule has 0 aliphatic heterocycles. The zero-order chi connectivity index (χ0) is 18.8. The first-order valence-corrected chi connectivity index (χ1v) is 8.94. The molecule has 26 heavy (non-hydrogen) atoms. The fourth-order valence-electron chi connectivity index (χ4n) is 2.32. The summed E-state index contributed by atoms with van der Waals surface area (Å²) in [6.07, 6.45) is 1.54. The molecule has 0 spiro atoms. The number of halogens is 2. The Morgan fingerprint density at radius 3 is 2.77 bits per heavy atom. The van der Waals surface area contributed by atoms with Gasteiger partial charge in [0.05, 0.1) is 27.4 Å². The Morgan fingerprint density at radius 2 is 2.12 bits per heavy atom. The normalized spacial score (nSPS) is 10.7. The Morgan fingerprint density at radius 1 is 1.35 bits per heavy atom. The standard InChI is InChI=1S/C16H12Cl2N4O3S/c1-9-13(22(24)25)7-14(26-9)16(23)20-15-4-5-19-21(15)8-10-2-3-11(17)6-12(10)18/h2-7H,8H2,1H3,(H,20,23). The van der Waals surface area contributed by atoms with Crippen molar-refractivity contribution in [2.45, 2.75) is 13.5 Å². The number of carbonyl (C=O) groups excluding carboxylic acids is 1. The molecule has 0 fully saturated rings. The van der Waals surface area contributed by atoms with Gasteiger partial charge in [-0.1, -0.05) is 29.3 Å². The van der Waals surface area contributed by atoms with Crippen LogP contribution in [0.25, 0.3) is 0 Å². The van der Waals surface area contributed by atoms with Crippen LogP contribution in [0.2, 0.25) is 10.0 Å². The smallest absolute Gasteiger partial charge is 0.283 e. The van der Waals surface area contributed by atoms with E-state index in [4.69, 9.17) is 23.2 Å². The summed E-state index contributed by atoms with van der Waals surface area (Å²) < 4.78 is 1.57. The van der Waals surface area contributed by atoms with Crippen LogP contribution in [-0.2, 0) is 6.54 Å². The first-order valence-electron chi connectivity index (χ1n) is 7.37. The highest BCUT2D eigenvalue weighted by atomic mass is 35.5. The second-order valence-corrected chi connectivity index (χ2v) is 7.47. The fourth-order valence-corrected chi connectivity index (χ4v) is 3.67. The number of aryl methyl sites for hydroxylation is 1. The summed E-state index contributed by atoms with van der Waals surface area (Å²) in [6.45, 7) is 1.94. The number of thiophene rings is 1. The number of amides is 1. The number of carbonyl (C=O) groups is 1. The number of hydrogen-bond donors (Lipinski definition) is 1. The van der Waals surface area contributed by atoms with Gasteiger partial charge in [0.1, 0.15) is 5.82 Å².